The van der Waals surface area contributed by atoms with Crippen molar-refractivity contribution in [1.29, 1.82) is 0 Å². The zero-order chi connectivity index (χ0) is 65.7. The Labute approximate surface area is 566 Å². The van der Waals surface area contributed by atoms with Gasteiger partial charge in [-0.3, -0.25) is 9.97 Å². The zero-order valence-electron chi connectivity index (χ0n) is 54.3. The van der Waals surface area contributed by atoms with Crippen LogP contribution in [-0.2, 0) is 38.5 Å². The van der Waals surface area contributed by atoms with Gasteiger partial charge in [0.15, 0.2) is 0 Å². The van der Waals surface area contributed by atoms with Crippen LogP contribution in [0.25, 0.3) is 33.8 Å². The molecule has 19 nitrogen and oxygen atoms in total. The summed E-state index contributed by atoms with van der Waals surface area (Å²) in [6.07, 6.45) is 19.1. The highest BCUT2D eigenvalue weighted by atomic mass is 35.5. The van der Waals surface area contributed by atoms with Crippen molar-refractivity contribution >= 4 is 115 Å². The Kier molecular flexibility index (Phi) is 22.7. The average molecular weight is 1320 g/mol. The standard InChI is InChI=1S/C25H30N6S.C23H25ClN6OS.C22H24N6S/c1-16-8-10-20-22(13-16)28-23(32)14-18-15-26-25(30-24(18)20)29-21-11-9-19(27-17(21)2)7-5-6-12-31(3)4;1-30(2)8-4-5-14-9-19(22(31-3)25-12-14)28-23-26-13-15-10-20(32)27-18-11-16(24)6-7-17(18)21(15)29-23;1-14-4-5-18-19(8-14)26-20(29)10-16-12-24-22(27-21(16)18)25-17-9-15(11-23-13-17)6-7-28(2)3/h8-11,13,15H,5-7,12,14H2,1-4H3,(H,28,32)(H,26,29,30);6-7,9,11-13H,4-5,8,10H2,1-3H3,(H,27,32)(H,26,28,29);4-5,8-9,11-13H,6-7,10H2,1-3H3,(H,26,29)(H,24,25,27). The van der Waals surface area contributed by atoms with E-state index in [0.29, 0.717) is 53.0 Å². The molecule has 0 saturated carbocycles. The lowest BCUT2D eigenvalue weighted by Crippen LogP contribution is -2.15. The van der Waals surface area contributed by atoms with Gasteiger partial charge < -0.3 is 51.3 Å². The number of anilines is 9. The number of methoxy groups -OCH3 is 1. The number of fused-ring (bicyclic) bond motifs is 9. The molecule has 3 aliphatic heterocycles. The van der Waals surface area contributed by atoms with Gasteiger partial charge in [0.25, 0.3) is 0 Å². The monoisotopic (exact) mass is 1320 g/mol. The van der Waals surface area contributed by atoms with Gasteiger partial charge in [-0.25, -0.2) is 34.9 Å². The SMILES string of the molecule is COc1ncc(CCCN(C)C)cc1Nc1ncc2c(n1)-c1ccc(Cl)cc1NC(=S)C2.Cc1ccc2c(c1)NC(=S)Cc1cnc(Nc3ccc(CCCCN(C)C)nc3C)nc1-2.Cc1ccc2c(c1)NC(=S)Cc1cnc(Nc3cncc(CCN(C)C)c3)nc1-2. The molecule has 0 saturated heterocycles. The molecule has 0 unspecified atom stereocenters. The highest BCUT2D eigenvalue weighted by Crippen LogP contribution is 2.38. The van der Waals surface area contributed by atoms with E-state index >= 15 is 0 Å². The molecule has 0 fully saturated rings. The molecule has 0 amide bonds. The van der Waals surface area contributed by atoms with Crippen molar-refractivity contribution < 1.29 is 4.74 Å². The van der Waals surface area contributed by atoms with Crippen LogP contribution in [0.5, 0.6) is 5.88 Å². The first-order valence-corrected chi connectivity index (χ1v) is 32.6. The molecule has 0 spiro atoms. The molecule has 3 aromatic carbocycles. The number of thiocarbonyl (C=S) groups is 3. The van der Waals surface area contributed by atoms with Gasteiger partial charge in [-0.15, -0.1) is 0 Å². The van der Waals surface area contributed by atoms with E-state index < -0.39 is 0 Å². The van der Waals surface area contributed by atoms with Crippen LogP contribution in [0.15, 0.2) is 116 Å². The van der Waals surface area contributed by atoms with Crippen LogP contribution in [0.2, 0.25) is 5.02 Å². The van der Waals surface area contributed by atoms with Crippen LogP contribution in [-0.4, -0.2) is 144 Å². The summed E-state index contributed by atoms with van der Waals surface area (Å²) in [5.74, 6) is 2.07. The van der Waals surface area contributed by atoms with E-state index in [4.69, 9.17) is 72.9 Å². The molecule has 9 heterocycles. The van der Waals surface area contributed by atoms with Crippen LogP contribution in [0, 0.1) is 20.8 Å². The van der Waals surface area contributed by atoms with E-state index in [9.17, 15) is 0 Å². The highest BCUT2D eigenvalue weighted by molar-refractivity contribution is 7.81. The fraction of sp³-hybridized carbons (Fsp3) is 0.314. The number of nitrogens with one attached hydrogen (secondary N) is 6. The molecule has 0 bridgehead atoms. The molecule has 6 aromatic heterocycles. The third-order valence-electron chi connectivity index (χ3n) is 15.6. The fourth-order valence-electron chi connectivity index (χ4n) is 10.9. The maximum atomic E-state index is 6.19. The van der Waals surface area contributed by atoms with Crippen molar-refractivity contribution in [3.63, 3.8) is 0 Å². The minimum absolute atomic E-state index is 0.461. The summed E-state index contributed by atoms with van der Waals surface area (Å²) in [4.78, 5) is 50.5. The number of nitrogens with zero attached hydrogens (tertiary/aromatic N) is 12. The largest absolute Gasteiger partial charge is 0.480 e. The summed E-state index contributed by atoms with van der Waals surface area (Å²) in [5.41, 5.74) is 20.7. The van der Waals surface area contributed by atoms with E-state index in [2.05, 4.69) is 182 Å². The fourth-order valence-corrected chi connectivity index (χ4v) is 11.8. The van der Waals surface area contributed by atoms with E-state index in [1.807, 2.05) is 62.2 Å². The van der Waals surface area contributed by atoms with Gasteiger partial charge >= 0.3 is 0 Å². The maximum absolute atomic E-state index is 6.19. The van der Waals surface area contributed by atoms with Crippen molar-refractivity contribution in [2.24, 2.45) is 0 Å². The number of likely N-dealkylation sites (N-methyl/N-ethyl adjacent to an activating group) is 1. The van der Waals surface area contributed by atoms with E-state index in [1.165, 1.54) is 23.1 Å². The highest BCUT2D eigenvalue weighted by Gasteiger charge is 2.24. The van der Waals surface area contributed by atoms with Gasteiger partial charge in [-0.2, -0.15) is 0 Å². The van der Waals surface area contributed by atoms with Crippen LogP contribution in [0.3, 0.4) is 0 Å². The number of halogens is 1. The van der Waals surface area contributed by atoms with Crippen molar-refractivity contribution in [1.82, 2.24) is 59.6 Å². The normalized spacial score (nSPS) is 12.7. The number of benzene rings is 3. The van der Waals surface area contributed by atoms with Gasteiger partial charge in [-0.05, 0) is 192 Å². The Morgan fingerprint density at radius 2 is 0.989 bits per heavy atom. The van der Waals surface area contributed by atoms with Crippen LogP contribution >= 0.6 is 48.3 Å². The smallest absolute Gasteiger partial charge is 0.237 e. The van der Waals surface area contributed by atoms with Gasteiger partial charge in [0, 0.05) is 118 Å². The van der Waals surface area contributed by atoms with Crippen molar-refractivity contribution in [3.8, 4) is 39.7 Å². The summed E-state index contributed by atoms with van der Waals surface area (Å²) >= 11 is 22.7. The van der Waals surface area contributed by atoms with Crippen LogP contribution < -0.4 is 36.6 Å². The molecule has 6 N–H and O–H groups in total. The second-order valence-electron chi connectivity index (χ2n) is 24.2. The Morgan fingerprint density at radius 3 is 1.53 bits per heavy atom. The first kappa shape index (κ1) is 67.3. The molecule has 3 aliphatic rings. The van der Waals surface area contributed by atoms with Crippen molar-refractivity contribution in [3.05, 3.63) is 171 Å². The number of unbranched alkanes of at least 4 members (excludes halogenated alkanes) is 1. The summed E-state index contributed by atoms with van der Waals surface area (Å²) in [6, 6.07) is 26.5. The summed E-state index contributed by atoms with van der Waals surface area (Å²) in [5, 5.41) is 20.5. The van der Waals surface area contributed by atoms with Gasteiger partial charge in [0.05, 0.1) is 62.4 Å². The maximum Gasteiger partial charge on any atom is 0.237 e. The molecule has 0 aliphatic carbocycles. The lowest BCUT2D eigenvalue weighted by atomic mass is 10.0. The molecule has 9 aromatic rings. The Hall–Kier alpha value is -8.61. The van der Waals surface area contributed by atoms with E-state index in [-0.39, 0.29) is 0 Å². The van der Waals surface area contributed by atoms with Gasteiger partial charge in [0.1, 0.15) is 5.69 Å². The molecule has 23 heteroatoms. The molecular formula is C70H79ClN18OS3. The number of aromatic nitrogens is 9. The van der Waals surface area contributed by atoms with E-state index in [1.54, 1.807) is 13.3 Å². The third-order valence-corrected chi connectivity index (χ3v) is 16.5. The minimum Gasteiger partial charge on any atom is -0.480 e. The topological polar surface area (TPSA) is 207 Å². The second-order valence-corrected chi connectivity index (χ2v) is 26.1. The quantitative estimate of drug-likeness (QED) is 0.0329. The molecule has 12 rings (SSSR count). The number of pyridine rings is 3. The lowest BCUT2D eigenvalue weighted by Gasteiger charge is -2.14. The number of hydrogen-bond acceptors (Lipinski definition) is 19. The van der Waals surface area contributed by atoms with Crippen molar-refractivity contribution in [2.75, 3.05) is 101 Å². The summed E-state index contributed by atoms with van der Waals surface area (Å²) in [7, 11) is 14.1. The third kappa shape index (κ3) is 18.4. The van der Waals surface area contributed by atoms with Crippen LogP contribution in [0.4, 0.5) is 52.0 Å². The average Bonchev–Trinajstić information content (AvgIpc) is 1.79. The summed E-state index contributed by atoms with van der Waals surface area (Å²) < 4.78 is 5.45. The number of hydrogen-bond donors (Lipinski definition) is 6. The van der Waals surface area contributed by atoms with Crippen LogP contribution in [0.1, 0.15) is 69.6 Å². The predicted octanol–water partition coefficient (Wildman–Crippen LogP) is 13.8. The number of rotatable bonds is 19. The first-order chi connectivity index (χ1) is 44.8. The molecule has 480 valence electrons. The second kappa shape index (κ2) is 31.3. The summed E-state index contributed by atoms with van der Waals surface area (Å²) in [6.45, 7) is 9.27. The zero-order valence-corrected chi connectivity index (χ0v) is 57.5. The Morgan fingerprint density at radius 1 is 0.484 bits per heavy atom. The Balaban J connectivity index is 0.000000153. The molecule has 93 heavy (non-hydrogen) atoms. The lowest BCUT2D eigenvalue weighted by molar-refractivity contribution is 0.394. The molecule has 0 atom stereocenters. The first-order valence-electron chi connectivity index (χ1n) is 31.0. The molecular weight excluding hydrogens is 1240 g/mol. The van der Waals surface area contributed by atoms with Gasteiger partial charge in [-0.1, -0.05) is 72.5 Å². The van der Waals surface area contributed by atoms with Gasteiger partial charge in [0.2, 0.25) is 23.7 Å². The predicted molar refractivity (Wildman–Crippen MR) is 391 cm³/mol. The minimum atomic E-state index is 0.461. The van der Waals surface area contributed by atoms with E-state index in [0.717, 1.165) is 163 Å². The Bertz CT molecular complexity index is 4200. The van der Waals surface area contributed by atoms with Crippen molar-refractivity contribution in [2.45, 2.75) is 78.6 Å². The molecule has 0 radical (unpaired) electrons. The number of ether oxygens (including phenoxy) is 1. The number of aryl methyl sites for hydroxylation is 5.